The number of benzene rings is 1. The van der Waals surface area contributed by atoms with E-state index in [1.807, 2.05) is 0 Å². The lowest BCUT2D eigenvalue weighted by Crippen LogP contribution is -2.52. The minimum Gasteiger partial charge on any atom is -0.511 e. The number of thiophene rings is 1. The van der Waals surface area contributed by atoms with E-state index in [2.05, 4.69) is 14.4 Å². The molecular weight excluding hydrogens is 562 g/mol. The summed E-state index contributed by atoms with van der Waals surface area (Å²) in [5, 5.41) is 15.6. The Kier molecular flexibility index (Phi) is 6.82. The Morgan fingerprint density at radius 2 is 1.97 bits per heavy atom. The normalized spacial score (nSPS) is 23.0. The van der Waals surface area contributed by atoms with E-state index in [0.717, 1.165) is 42.6 Å². The third-order valence-electron chi connectivity index (χ3n) is 6.83. The van der Waals surface area contributed by atoms with Crippen LogP contribution in [-0.2, 0) is 37.9 Å². The van der Waals surface area contributed by atoms with Crippen LogP contribution in [0.25, 0.3) is 0 Å². The Labute approximate surface area is 222 Å². The molecule has 0 unspecified atom stereocenters. The van der Waals surface area contributed by atoms with E-state index in [9.17, 15) is 35.5 Å². The number of rotatable bonds is 6. The van der Waals surface area contributed by atoms with E-state index in [1.165, 1.54) is 16.3 Å². The molecule has 204 valence electrons. The quantitative estimate of drug-likeness (QED) is 0.472. The number of carbonyl (C=O) groups excluding carboxylic acids is 1. The van der Waals surface area contributed by atoms with Crippen molar-refractivity contribution >= 4 is 48.1 Å². The minimum absolute atomic E-state index is 0.0699. The molecule has 1 aliphatic carbocycles. The SMILES string of the molecule is CS(=O)(=O)NCc1csc2c1S(=O)(=O)N=C(C1=C(O)[C@H]3CCCC[C@H]3N(Cc3ccc(F)c(F)c3)C1=O)N2. The maximum atomic E-state index is 13.9. The highest BCUT2D eigenvalue weighted by atomic mass is 32.2. The summed E-state index contributed by atoms with van der Waals surface area (Å²) in [5.74, 6) is -3.84. The number of fused-ring (bicyclic) bond motifs is 2. The van der Waals surface area contributed by atoms with E-state index in [1.54, 1.807) is 0 Å². The third kappa shape index (κ3) is 4.95. The van der Waals surface area contributed by atoms with Crippen LogP contribution >= 0.6 is 11.3 Å². The molecule has 2 aliphatic heterocycles. The molecule has 3 aliphatic rings. The fourth-order valence-electron chi connectivity index (χ4n) is 5.13. The summed E-state index contributed by atoms with van der Waals surface area (Å²) in [7, 11) is -7.95. The number of nitrogens with one attached hydrogen (secondary N) is 2. The fraction of sp³-hybridized carbons (Fsp3) is 0.391. The lowest BCUT2D eigenvalue weighted by molar-refractivity contribution is -0.133. The van der Waals surface area contributed by atoms with Gasteiger partial charge in [-0.3, -0.25) is 4.79 Å². The molecule has 0 radical (unpaired) electrons. The molecule has 0 spiro atoms. The van der Waals surface area contributed by atoms with Gasteiger partial charge in [-0.1, -0.05) is 18.9 Å². The Hall–Kier alpha value is -2.88. The molecule has 2 aromatic rings. The molecule has 0 bridgehead atoms. The van der Waals surface area contributed by atoms with Gasteiger partial charge in [-0.2, -0.15) is 8.42 Å². The third-order valence-corrected chi connectivity index (χ3v) is 9.98. The summed E-state index contributed by atoms with van der Waals surface area (Å²) in [6.45, 7) is -0.339. The molecule has 0 saturated heterocycles. The standard InChI is InChI=1S/C23H24F2N4O6S3/c1-37(32,33)26-9-13-11-36-22-20(13)38(34,35)28-21(27-22)18-19(30)14-4-2-3-5-17(14)29(23(18)31)10-12-6-7-15(24)16(25)8-12/h6-8,11,14,17,26,30H,2-5,9-10H2,1H3,(H,27,28)/t14-,17+/m0/s1. The maximum Gasteiger partial charge on any atom is 0.287 e. The molecule has 3 N–H and O–H groups in total. The first-order valence-electron chi connectivity index (χ1n) is 11.7. The van der Waals surface area contributed by atoms with Crippen molar-refractivity contribution in [1.82, 2.24) is 9.62 Å². The minimum atomic E-state index is -4.36. The summed E-state index contributed by atoms with van der Waals surface area (Å²) in [6, 6.07) is 2.94. The Morgan fingerprint density at radius 1 is 1.24 bits per heavy atom. The van der Waals surface area contributed by atoms with Crippen LogP contribution in [0.3, 0.4) is 0 Å². The summed E-state index contributed by atoms with van der Waals surface area (Å²) < 4.78 is 82.7. The number of halogens is 2. The van der Waals surface area contributed by atoms with E-state index in [0.29, 0.717) is 18.4 Å². The Bertz CT molecular complexity index is 1600. The number of amidine groups is 1. The van der Waals surface area contributed by atoms with Crippen molar-refractivity contribution in [3.05, 3.63) is 57.7 Å². The van der Waals surface area contributed by atoms with E-state index < -0.39 is 49.5 Å². The summed E-state index contributed by atoms with van der Waals surface area (Å²) in [4.78, 5) is 15.0. The average molecular weight is 587 g/mol. The van der Waals surface area contributed by atoms with Crippen molar-refractivity contribution in [2.24, 2.45) is 10.3 Å². The van der Waals surface area contributed by atoms with Gasteiger partial charge in [-0.05, 0) is 35.9 Å². The van der Waals surface area contributed by atoms with Crippen LogP contribution < -0.4 is 10.0 Å². The van der Waals surface area contributed by atoms with Crippen LogP contribution in [0.1, 0.15) is 36.8 Å². The summed E-state index contributed by atoms with van der Waals surface area (Å²) >= 11 is 0.992. The first-order valence-corrected chi connectivity index (χ1v) is 15.9. The first-order chi connectivity index (χ1) is 17.9. The summed E-state index contributed by atoms with van der Waals surface area (Å²) in [6.07, 6.45) is 3.68. The van der Waals surface area contributed by atoms with Gasteiger partial charge in [0.25, 0.3) is 15.9 Å². The Balaban J connectivity index is 1.52. The highest BCUT2D eigenvalue weighted by Gasteiger charge is 2.46. The monoisotopic (exact) mass is 586 g/mol. The number of hydrogen-bond acceptors (Lipinski definition) is 8. The molecule has 3 heterocycles. The first kappa shape index (κ1) is 26.7. The molecule has 1 amide bonds. The molecule has 1 aromatic heterocycles. The number of amides is 1. The van der Waals surface area contributed by atoms with E-state index in [4.69, 9.17) is 0 Å². The molecule has 10 nitrogen and oxygen atoms in total. The molecule has 1 fully saturated rings. The van der Waals surface area contributed by atoms with Crippen LogP contribution in [0.5, 0.6) is 0 Å². The maximum absolute atomic E-state index is 13.9. The van der Waals surface area contributed by atoms with Gasteiger partial charge in [0.1, 0.15) is 21.2 Å². The van der Waals surface area contributed by atoms with Gasteiger partial charge in [-0.25, -0.2) is 21.9 Å². The number of hydrogen-bond donors (Lipinski definition) is 3. The van der Waals surface area contributed by atoms with Crippen molar-refractivity contribution in [2.45, 2.75) is 49.7 Å². The van der Waals surface area contributed by atoms with E-state index in [-0.39, 0.29) is 45.7 Å². The number of anilines is 1. The number of aliphatic hydroxyl groups excluding tert-OH is 1. The van der Waals surface area contributed by atoms with Crippen LogP contribution in [0, 0.1) is 17.6 Å². The smallest absolute Gasteiger partial charge is 0.287 e. The molecule has 1 saturated carbocycles. The van der Waals surface area contributed by atoms with Crippen LogP contribution in [0.2, 0.25) is 0 Å². The van der Waals surface area contributed by atoms with Gasteiger partial charge in [0.05, 0.1) is 6.26 Å². The van der Waals surface area contributed by atoms with E-state index >= 15 is 0 Å². The lowest BCUT2D eigenvalue weighted by atomic mass is 9.78. The van der Waals surface area contributed by atoms with Crippen molar-refractivity contribution in [1.29, 1.82) is 0 Å². The van der Waals surface area contributed by atoms with Crippen molar-refractivity contribution < 1.29 is 35.5 Å². The zero-order valence-corrected chi connectivity index (χ0v) is 22.5. The van der Waals surface area contributed by atoms with Gasteiger partial charge in [0.15, 0.2) is 17.5 Å². The van der Waals surface area contributed by atoms with Crippen molar-refractivity contribution in [2.75, 3.05) is 11.6 Å². The number of carbonyl (C=O) groups is 1. The van der Waals surface area contributed by atoms with Gasteiger partial charge in [-0.15, -0.1) is 15.7 Å². The van der Waals surface area contributed by atoms with Crippen LogP contribution in [0.4, 0.5) is 13.8 Å². The second kappa shape index (κ2) is 9.70. The largest absolute Gasteiger partial charge is 0.511 e. The Morgan fingerprint density at radius 3 is 2.68 bits per heavy atom. The second-order valence-electron chi connectivity index (χ2n) is 9.45. The molecule has 5 rings (SSSR count). The fourth-order valence-corrected chi connectivity index (χ4v) is 8.15. The number of nitrogens with zero attached hydrogens (tertiary/aromatic N) is 2. The highest BCUT2D eigenvalue weighted by Crippen LogP contribution is 2.42. The molecule has 1 aromatic carbocycles. The number of aliphatic hydroxyl groups is 1. The molecule has 38 heavy (non-hydrogen) atoms. The lowest BCUT2D eigenvalue weighted by Gasteiger charge is -2.44. The zero-order chi connectivity index (χ0) is 27.4. The predicted octanol–water partition coefficient (Wildman–Crippen LogP) is 3.00. The predicted molar refractivity (Wildman–Crippen MR) is 137 cm³/mol. The van der Waals surface area contributed by atoms with Crippen molar-refractivity contribution in [3.63, 3.8) is 0 Å². The van der Waals surface area contributed by atoms with Crippen LogP contribution in [0.15, 0.2) is 44.2 Å². The van der Waals surface area contributed by atoms with Crippen LogP contribution in [-0.4, -0.2) is 50.9 Å². The zero-order valence-electron chi connectivity index (χ0n) is 20.1. The van der Waals surface area contributed by atoms with Crippen molar-refractivity contribution in [3.8, 4) is 0 Å². The molecule has 15 heteroatoms. The number of sulfonamides is 2. The van der Waals surface area contributed by atoms with Gasteiger partial charge < -0.3 is 15.3 Å². The van der Waals surface area contributed by atoms with Gasteiger partial charge in [0, 0.05) is 30.6 Å². The summed E-state index contributed by atoms with van der Waals surface area (Å²) in [5.41, 5.74) is 0.234. The highest BCUT2D eigenvalue weighted by molar-refractivity contribution is 7.91. The average Bonchev–Trinajstić information content (AvgIpc) is 3.26. The topological polar surface area (TPSA) is 145 Å². The van der Waals surface area contributed by atoms with Gasteiger partial charge in [0.2, 0.25) is 10.0 Å². The molecule has 2 atom stereocenters. The molecular formula is C23H24F2N4O6S3. The second-order valence-corrected chi connectivity index (χ2v) is 13.7. The van der Waals surface area contributed by atoms with Gasteiger partial charge >= 0.3 is 0 Å².